The second-order valence-corrected chi connectivity index (χ2v) is 7.38. The van der Waals surface area contributed by atoms with Crippen molar-refractivity contribution in [2.75, 3.05) is 13.1 Å². The molecule has 0 unspecified atom stereocenters. The fourth-order valence-corrected chi connectivity index (χ4v) is 3.70. The van der Waals surface area contributed by atoms with E-state index in [0.29, 0.717) is 4.91 Å². The van der Waals surface area contributed by atoms with Crippen LogP contribution in [-0.4, -0.2) is 35.0 Å². The number of imide groups is 1. The lowest BCUT2D eigenvalue weighted by Gasteiger charge is -2.13. The van der Waals surface area contributed by atoms with Crippen LogP contribution in [-0.2, 0) is 4.79 Å². The Bertz CT molecular complexity index is 932. The highest BCUT2D eigenvalue weighted by molar-refractivity contribution is 8.18. The molecule has 5 nitrogen and oxygen atoms in total. The lowest BCUT2D eigenvalue weighted by molar-refractivity contribution is -0.122. The van der Waals surface area contributed by atoms with Gasteiger partial charge < -0.3 is 5.32 Å². The molecule has 0 saturated carbocycles. The molecular weight excluding hydrogens is 407 g/mol. The Morgan fingerprint density at radius 3 is 2.56 bits per heavy atom. The zero-order chi connectivity index (χ0) is 19.4. The Labute approximate surface area is 170 Å². The summed E-state index contributed by atoms with van der Waals surface area (Å²) < 4.78 is 0. The maximum absolute atomic E-state index is 12.4. The molecular formula is C19H14Cl2N2O3S. The summed E-state index contributed by atoms with van der Waals surface area (Å²) >= 11 is 12.8. The van der Waals surface area contributed by atoms with Gasteiger partial charge in [-0.25, -0.2) is 0 Å². The minimum absolute atomic E-state index is 0.0702. The molecule has 0 radical (unpaired) electrons. The first-order valence-corrected chi connectivity index (χ1v) is 9.57. The number of hydrogen-bond acceptors (Lipinski definition) is 4. The zero-order valence-corrected chi connectivity index (χ0v) is 16.3. The third kappa shape index (κ3) is 4.53. The molecule has 0 bridgehead atoms. The van der Waals surface area contributed by atoms with Crippen LogP contribution < -0.4 is 5.32 Å². The number of carbonyl (C=O) groups is 3. The number of halogens is 2. The molecule has 1 aliphatic heterocycles. The van der Waals surface area contributed by atoms with Gasteiger partial charge in [-0.2, -0.15) is 0 Å². The Balaban J connectivity index is 1.60. The van der Waals surface area contributed by atoms with Crippen LogP contribution in [0.3, 0.4) is 0 Å². The number of nitrogens with zero attached hydrogens (tertiary/aromatic N) is 1. The lowest BCUT2D eigenvalue weighted by atomic mass is 10.2. The number of benzene rings is 2. The van der Waals surface area contributed by atoms with E-state index in [1.54, 1.807) is 24.3 Å². The predicted octanol–water partition coefficient (Wildman–Crippen LogP) is 4.46. The Hall–Kier alpha value is -2.28. The second-order valence-electron chi connectivity index (χ2n) is 5.60. The van der Waals surface area contributed by atoms with Crippen molar-refractivity contribution < 1.29 is 14.4 Å². The molecule has 1 aliphatic rings. The molecule has 0 atom stereocenters. The van der Waals surface area contributed by atoms with Gasteiger partial charge in [-0.05, 0) is 35.5 Å². The first kappa shape index (κ1) is 19.5. The zero-order valence-electron chi connectivity index (χ0n) is 13.9. The van der Waals surface area contributed by atoms with Crippen molar-refractivity contribution in [3.8, 4) is 0 Å². The highest BCUT2D eigenvalue weighted by Gasteiger charge is 2.34. The van der Waals surface area contributed by atoms with E-state index < -0.39 is 5.91 Å². The Morgan fingerprint density at radius 1 is 1.07 bits per heavy atom. The Kier molecular flexibility index (Phi) is 6.21. The normalized spacial score (nSPS) is 15.5. The number of hydrogen-bond donors (Lipinski definition) is 1. The van der Waals surface area contributed by atoms with Gasteiger partial charge >= 0.3 is 0 Å². The van der Waals surface area contributed by atoms with Gasteiger partial charge in [0, 0.05) is 13.1 Å². The molecule has 2 aromatic carbocycles. The van der Waals surface area contributed by atoms with Gasteiger partial charge in [0.1, 0.15) is 0 Å². The molecule has 1 heterocycles. The molecule has 0 aliphatic carbocycles. The van der Waals surface area contributed by atoms with Crippen LogP contribution in [0.15, 0.2) is 53.4 Å². The van der Waals surface area contributed by atoms with Gasteiger partial charge in [0.2, 0.25) is 0 Å². The molecule has 3 amide bonds. The highest BCUT2D eigenvalue weighted by atomic mass is 35.5. The number of nitrogens with one attached hydrogen (secondary N) is 1. The molecule has 3 rings (SSSR count). The summed E-state index contributed by atoms with van der Waals surface area (Å²) in [7, 11) is 0. The summed E-state index contributed by atoms with van der Waals surface area (Å²) in [5.41, 5.74) is 1.08. The van der Waals surface area contributed by atoms with E-state index >= 15 is 0 Å². The smallest absolute Gasteiger partial charge is 0.293 e. The van der Waals surface area contributed by atoms with Gasteiger partial charge in [-0.15, -0.1) is 0 Å². The van der Waals surface area contributed by atoms with Gasteiger partial charge in [0.15, 0.2) is 0 Å². The molecule has 2 aromatic rings. The second kappa shape index (κ2) is 8.61. The Morgan fingerprint density at radius 2 is 1.81 bits per heavy atom. The summed E-state index contributed by atoms with van der Waals surface area (Å²) in [6.45, 7) is 0.180. The van der Waals surface area contributed by atoms with Crippen LogP contribution in [0.2, 0.25) is 10.0 Å². The van der Waals surface area contributed by atoms with Crippen molar-refractivity contribution in [1.82, 2.24) is 10.2 Å². The molecule has 0 aromatic heterocycles. The summed E-state index contributed by atoms with van der Waals surface area (Å²) in [5, 5.41) is 2.72. The predicted molar refractivity (Wildman–Crippen MR) is 108 cm³/mol. The third-order valence-electron chi connectivity index (χ3n) is 3.79. The van der Waals surface area contributed by atoms with Crippen molar-refractivity contribution in [2.45, 2.75) is 0 Å². The van der Waals surface area contributed by atoms with E-state index in [4.69, 9.17) is 23.2 Å². The lowest BCUT2D eigenvalue weighted by Crippen LogP contribution is -2.37. The maximum Gasteiger partial charge on any atom is 0.293 e. The summed E-state index contributed by atoms with van der Waals surface area (Å²) in [4.78, 5) is 38.2. The van der Waals surface area contributed by atoms with Crippen molar-refractivity contribution in [2.24, 2.45) is 0 Å². The van der Waals surface area contributed by atoms with Gasteiger partial charge in [-0.3, -0.25) is 19.3 Å². The van der Waals surface area contributed by atoms with Crippen molar-refractivity contribution >= 4 is 58.1 Å². The molecule has 138 valence electrons. The summed E-state index contributed by atoms with van der Waals surface area (Å²) in [6, 6.07) is 14.0. The third-order valence-corrected chi connectivity index (χ3v) is 5.51. The standard InChI is InChI=1S/C19H14Cl2N2O3S/c20-14-8-4-7-13(16(14)21)17(24)22-9-10-23-18(25)15(27-19(23)26)11-12-5-2-1-3-6-12/h1-8,11H,9-10H2,(H,22,24)/b15-11+. The van der Waals surface area contributed by atoms with Crippen LogP contribution >= 0.6 is 35.0 Å². The van der Waals surface area contributed by atoms with Gasteiger partial charge in [0.05, 0.1) is 20.5 Å². The summed E-state index contributed by atoms with van der Waals surface area (Å²) in [6.07, 6.45) is 1.68. The van der Waals surface area contributed by atoms with Crippen LogP contribution in [0.5, 0.6) is 0 Å². The van der Waals surface area contributed by atoms with Crippen molar-refractivity contribution in [3.63, 3.8) is 0 Å². The topological polar surface area (TPSA) is 66.5 Å². The van der Waals surface area contributed by atoms with Crippen molar-refractivity contribution in [3.05, 3.63) is 74.6 Å². The van der Waals surface area contributed by atoms with E-state index in [0.717, 1.165) is 22.2 Å². The first-order valence-electron chi connectivity index (χ1n) is 8.00. The van der Waals surface area contributed by atoms with Crippen LogP contribution in [0.1, 0.15) is 15.9 Å². The summed E-state index contributed by atoms with van der Waals surface area (Å²) in [5.74, 6) is -0.793. The van der Waals surface area contributed by atoms with Crippen LogP contribution in [0, 0.1) is 0 Å². The molecule has 1 saturated heterocycles. The fraction of sp³-hybridized carbons (Fsp3) is 0.105. The van der Waals surface area contributed by atoms with Gasteiger partial charge in [0.25, 0.3) is 17.1 Å². The monoisotopic (exact) mass is 420 g/mol. The average molecular weight is 421 g/mol. The number of thioether (sulfide) groups is 1. The van der Waals surface area contributed by atoms with Crippen LogP contribution in [0.4, 0.5) is 4.79 Å². The van der Waals surface area contributed by atoms with E-state index in [1.165, 1.54) is 0 Å². The first-order chi connectivity index (χ1) is 13.0. The molecule has 1 fully saturated rings. The minimum Gasteiger partial charge on any atom is -0.350 e. The highest BCUT2D eigenvalue weighted by Crippen LogP contribution is 2.32. The maximum atomic E-state index is 12.4. The fourth-order valence-electron chi connectivity index (χ4n) is 2.45. The van der Waals surface area contributed by atoms with Crippen molar-refractivity contribution in [1.29, 1.82) is 0 Å². The van der Waals surface area contributed by atoms with Crippen LogP contribution in [0.25, 0.3) is 6.08 Å². The van der Waals surface area contributed by atoms with Gasteiger partial charge in [-0.1, -0.05) is 59.6 Å². The SMILES string of the molecule is O=C(NCCN1C(=O)S/C(=C/c2ccccc2)C1=O)c1cccc(Cl)c1Cl. The van der Waals surface area contributed by atoms with E-state index in [9.17, 15) is 14.4 Å². The van der Waals surface area contributed by atoms with E-state index in [-0.39, 0.29) is 39.8 Å². The minimum atomic E-state index is -0.422. The number of amides is 3. The molecule has 8 heteroatoms. The molecule has 0 spiro atoms. The quantitative estimate of drug-likeness (QED) is 0.724. The molecule has 1 N–H and O–H groups in total. The molecule has 27 heavy (non-hydrogen) atoms. The van der Waals surface area contributed by atoms with E-state index in [1.807, 2.05) is 30.3 Å². The number of carbonyl (C=O) groups excluding carboxylic acids is 3. The van der Waals surface area contributed by atoms with E-state index in [2.05, 4.69) is 5.32 Å². The largest absolute Gasteiger partial charge is 0.350 e. The number of rotatable bonds is 5. The average Bonchev–Trinajstić information content (AvgIpc) is 2.92.